The summed E-state index contributed by atoms with van der Waals surface area (Å²) >= 11 is 0. The van der Waals surface area contributed by atoms with Gasteiger partial charge in [0.15, 0.2) is 0 Å². The summed E-state index contributed by atoms with van der Waals surface area (Å²) in [5.41, 5.74) is -0.699. The summed E-state index contributed by atoms with van der Waals surface area (Å²) in [4.78, 5) is 13.1. The van der Waals surface area contributed by atoms with Crippen LogP contribution in [0.2, 0.25) is 0 Å². The molecule has 1 unspecified atom stereocenters. The summed E-state index contributed by atoms with van der Waals surface area (Å²) in [5, 5.41) is 0. The van der Waals surface area contributed by atoms with Crippen molar-refractivity contribution in [3.63, 3.8) is 0 Å². The van der Waals surface area contributed by atoms with Crippen LogP contribution < -0.4 is 4.90 Å². The number of anilines is 1. The molecule has 0 N–H and O–H groups in total. The number of benzene rings is 1. The second-order valence-corrected chi connectivity index (χ2v) is 6.76. The van der Waals surface area contributed by atoms with Gasteiger partial charge in [0.1, 0.15) is 0 Å². The molecule has 1 aromatic rings. The van der Waals surface area contributed by atoms with Crippen molar-refractivity contribution in [2.24, 2.45) is 5.92 Å². The largest absolute Gasteiger partial charge is 0.416 e. The molecule has 1 saturated heterocycles. The minimum atomic E-state index is -4.49. The molecule has 0 saturated carbocycles. The molecule has 1 aliphatic rings. The van der Waals surface area contributed by atoms with Crippen LogP contribution in [0.25, 0.3) is 0 Å². The number of hydrogen-bond acceptors (Lipinski definition) is 4. The summed E-state index contributed by atoms with van der Waals surface area (Å²) in [6, 6.07) is 4.46. The Morgan fingerprint density at radius 2 is 2.05 bits per heavy atom. The van der Waals surface area contributed by atoms with Gasteiger partial charge in [-0.2, -0.15) is 21.6 Å². The minimum absolute atomic E-state index is 0.0335. The van der Waals surface area contributed by atoms with Crippen LogP contribution in [0.5, 0.6) is 0 Å². The molecule has 22 heavy (non-hydrogen) atoms. The zero-order valence-corrected chi connectivity index (χ0v) is 12.4. The van der Waals surface area contributed by atoms with E-state index in [1.54, 1.807) is 0 Å². The number of rotatable bonds is 4. The lowest BCUT2D eigenvalue weighted by Gasteiger charge is -2.18. The molecular weight excluding hydrogens is 323 g/mol. The monoisotopic (exact) mass is 337 g/mol. The predicted molar refractivity (Wildman–Crippen MR) is 72.7 cm³/mol. The molecule has 0 bridgehead atoms. The van der Waals surface area contributed by atoms with Gasteiger partial charge in [-0.25, -0.2) is 0 Å². The minimum Gasteiger partial charge on any atom is -0.312 e. The van der Waals surface area contributed by atoms with Crippen LogP contribution >= 0.6 is 0 Å². The molecule has 0 spiro atoms. The first kappa shape index (κ1) is 16.8. The van der Waals surface area contributed by atoms with E-state index in [-0.39, 0.29) is 37.1 Å². The number of hydrogen-bond donors (Lipinski definition) is 0. The average molecular weight is 337 g/mol. The zero-order chi connectivity index (χ0) is 16.5. The Balaban J connectivity index is 2.12. The van der Waals surface area contributed by atoms with Crippen LogP contribution in [0.4, 0.5) is 18.9 Å². The molecule has 0 aliphatic carbocycles. The molecule has 122 valence electrons. The van der Waals surface area contributed by atoms with Gasteiger partial charge in [0.05, 0.1) is 18.4 Å². The van der Waals surface area contributed by atoms with Gasteiger partial charge >= 0.3 is 6.18 Å². The fraction of sp³-hybridized carbons (Fsp3) is 0.462. The molecule has 1 aliphatic heterocycles. The maximum absolute atomic E-state index is 12.7. The van der Waals surface area contributed by atoms with Crippen LogP contribution in [0, 0.1) is 5.92 Å². The topological polar surface area (TPSA) is 63.7 Å². The maximum Gasteiger partial charge on any atom is 0.416 e. The number of amides is 1. The lowest BCUT2D eigenvalue weighted by Crippen LogP contribution is -2.25. The first-order valence-electron chi connectivity index (χ1n) is 6.38. The highest BCUT2D eigenvalue weighted by atomic mass is 32.2. The summed E-state index contributed by atoms with van der Waals surface area (Å²) < 4.78 is 64.6. The van der Waals surface area contributed by atoms with E-state index in [4.69, 9.17) is 0 Å². The van der Waals surface area contributed by atoms with Crippen molar-refractivity contribution in [3.8, 4) is 0 Å². The average Bonchev–Trinajstić information content (AvgIpc) is 2.76. The van der Waals surface area contributed by atoms with Gasteiger partial charge in [0.2, 0.25) is 5.91 Å². The zero-order valence-electron chi connectivity index (χ0n) is 11.6. The summed E-state index contributed by atoms with van der Waals surface area (Å²) in [7, 11) is -3.62. The molecule has 5 nitrogen and oxygen atoms in total. The Morgan fingerprint density at radius 1 is 1.36 bits per heavy atom. The third-order valence-electron chi connectivity index (χ3n) is 3.21. The predicted octanol–water partition coefficient (Wildman–Crippen LogP) is 2.03. The normalized spacial score (nSPS) is 19.7. The van der Waals surface area contributed by atoms with E-state index in [0.29, 0.717) is 0 Å². The highest BCUT2D eigenvalue weighted by Crippen LogP contribution is 2.33. The van der Waals surface area contributed by atoms with Crippen molar-refractivity contribution in [2.45, 2.75) is 12.6 Å². The molecule has 9 heteroatoms. The van der Waals surface area contributed by atoms with Gasteiger partial charge in [-0.1, -0.05) is 6.07 Å². The van der Waals surface area contributed by atoms with E-state index in [1.807, 2.05) is 0 Å². The lowest BCUT2D eigenvalue weighted by atomic mass is 10.1. The van der Waals surface area contributed by atoms with E-state index >= 15 is 0 Å². The fourth-order valence-corrected chi connectivity index (χ4v) is 2.65. The second-order valence-electron chi connectivity index (χ2n) is 5.11. The molecule has 1 fully saturated rings. The number of alkyl halides is 3. The van der Waals surface area contributed by atoms with Gasteiger partial charge < -0.3 is 4.90 Å². The van der Waals surface area contributed by atoms with Crippen LogP contribution in [0.15, 0.2) is 24.3 Å². The van der Waals surface area contributed by atoms with Crippen LogP contribution in [-0.4, -0.2) is 33.7 Å². The number of halogens is 3. The van der Waals surface area contributed by atoms with E-state index in [0.717, 1.165) is 18.4 Å². The summed E-state index contributed by atoms with van der Waals surface area (Å²) in [5.74, 6) is -0.738. The molecule has 0 aromatic heterocycles. The van der Waals surface area contributed by atoms with E-state index < -0.39 is 21.9 Å². The van der Waals surface area contributed by atoms with Crippen molar-refractivity contribution in [1.82, 2.24) is 0 Å². The van der Waals surface area contributed by atoms with Crippen LogP contribution in [-0.2, 0) is 25.3 Å². The van der Waals surface area contributed by atoms with E-state index in [9.17, 15) is 26.4 Å². The molecule has 1 heterocycles. The van der Waals surface area contributed by atoms with Crippen molar-refractivity contribution >= 4 is 21.7 Å². The Morgan fingerprint density at radius 3 is 2.64 bits per heavy atom. The smallest absolute Gasteiger partial charge is 0.312 e. The van der Waals surface area contributed by atoms with Gasteiger partial charge in [-0.15, -0.1) is 0 Å². The molecule has 1 amide bonds. The van der Waals surface area contributed by atoms with Gasteiger partial charge in [-0.3, -0.25) is 8.98 Å². The Labute approximate surface area is 125 Å². The highest BCUT2D eigenvalue weighted by molar-refractivity contribution is 7.85. The van der Waals surface area contributed by atoms with Crippen molar-refractivity contribution in [1.29, 1.82) is 0 Å². The molecule has 2 rings (SSSR count). The molecule has 0 radical (unpaired) electrons. The van der Waals surface area contributed by atoms with E-state index in [2.05, 4.69) is 4.18 Å². The third-order valence-corrected chi connectivity index (χ3v) is 3.77. The Bertz CT molecular complexity index is 672. The molecule has 1 aromatic carbocycles. The molecular formula is C13H14F3NO4S. The maximum atomic E-state index is 12.7. The number of carbonyl (C=O) groups excluding carboxylic acids is 1. The lowest BCUT2D eigenvalue weighted by molar-refractivity contribution is -0.137. The highest BCUT2D eigenvalue weighted by Gasteiger charge is 2.34. The van der Waals surface area contributed by atoms with Crippen LogP contribution in [0.1, 0.15) is 12.0 Å². The van der Waals surface area contributed by atoms with Gasteiger partial charge in [0.25, 0.3) is 10.1 Å². The van der Waals surface area contributed by atoms with Crippen molar-refractivity contribution < 1.29 is 30.6 Å². The molecule has 1 atom stereocenters. The number of carbonyl (C=O) groups is 1. The first-order chi connectivity index (χ1) is 10.1. The first-order valence-corrected chi connectivity index (χ1v) is 8.20. The van der Waals surface area contributed by atoms with Gasteiger partial charge in [0, 0.05) is 24.6 Å². The quantitative estimate of drug-likeness (QED) is 0.789. The van der Waals surface area contributed by atoms with E-state index in [1.165, 1.54) is 17.0 Å². The summed E-state index contributed by atoms with van der Waals surface area (Å²) in [6.07, 6.45) is -3.56. The Hall–Kier alpha value is -1.61. The summed E-state index contributed by atoms with van der Waals surface area (Å²) in [6.45, 7) is -0.0459. The SMILES string of the molecule is CS(=O)(=O)OCC1CC(=O)N(c2cccc(C(F)(F)F)c2)C1. The second kappa shape index (κ2) is 5.88. The standard InChI is InChI=1S/C13H14F3NO4S/c1-22(19,20)21-8-9-5-12(18)17(7-9)11-4-2-3-10(6-11)13(14,15)16/h2-4,6,9H,5,7-8H2,1H3. The van der Waals surface area contributed by atoms with Crippen LogP contribution in [0.3, 0.4) is 0 Å². The number of nitrogens with zero attached hydrogens (tertiary/aromatic N) is 1. The fourth-order valence-electron chi connectivity index (χ4n) is 2.21. The van der Waals surface area contributed by atoms with Gasteiger partial charge in [-0.05, 0) is 18.2 Å². The van der Waals surface area contributed by atoms with Crippen molar-refractivity contribution in [2.75, 3.05) is 24.3 Å². The third kappa shape index (κ3) is 4.20. The van der Waals surface area contributed by atoms with Crippen molar-refractivity contribution in [3.05, 3.63) is 29.8 Å². The Kier molecular flexibility index (Phi) is 4.48.